The third kappa shape index (κ3) is 4.23. The number of hydrogen-bond acceptors (Lipinski definition) is 6. The maximum Gasteiger partial charge on any atom is 0.257 e. The summed E-state index contributed by atoms with van der Waals surface area (Å²) in [7, 11) is 1.59. The second-order valence-corrected chi connectivity index (χ2v) is 8.08. The molecule has 29 heavy (non-hydrogen) atoms. The minimum absolute atomic E-state index is 0. The standard InChI is InChI=1S/C21H26N2O4S.ClH/c1-25-16-2-3-17(18(14-16)26-12-8-22)20(24)23-9-6-21(7-10-23)19-15(4-11-27-21)5-13-28-19;/h2-3,5,13-14H,4,6-12,22H2,1H3;1H. The Labute approximate surface area is 181 Å². The zero-order chi connectivity index (χ0) is 19.6. The van der Waals surface area contributed by atoms with Crippen molar-refractivity contribution in [3.8, 4) is 11.5 Å². The molecule has 8 heteroatoms. The zero-order valence-corrected chi connectivity index (χ0v) is 18.2. The molecular formula is C21H27ClN2O4S. The van der Waals surface area contributed by atoms with E-state index in [-0.39, 0.29) is 23.9 Å². The number of likely N-dealkylation sites (tertiary alicyclic amines) is 1. The van der Waals surface area contributed by atoms with Crippen LogP contribution in [0.25, 0.3) is 0 Å². The van der Waals surface area contributed by atoms with Gasteiger partial charge in [-0.2, -0.15) is 0 Å². The third-order valence-corrected chi connectivity index (χ3v) is 6.71. The number of halogens is 1. The average molecular weight is 439 g/mol. The third-order valence-electron chi connectivity index (χ3n) is 5.56. The van der Waals surface area contributed by atoms with Crippen LogP contribution in [-0.4, -0.2) is 50.8 Å². The summed E-state index contributed by atoms with van der Waals surface area (Å²) >= 11 is 1.78. The molecule has 1 spiro atoms. The van der Waals surface area contributed by atoms with Crippen LogP contribution in [-0.2, 0) is 16.8 Å². The van der Waals surface area contributed by atoms with Crippen molar-refractivity contribution in [1.82, 2.24) is 4.90 Å². The van der Waals surface area contributed by atoms with E-state index in [1.807, 2.05) is 4.90 Å². The van der Waals surface area contributed by atoms with Crippen LogP contribution in [0.1, 0.15) is 33.6 Å². The molecule has 0 bridgehead atoms. The van der Waals surface area contributed by atoms with Gasteiger partial charge < -0.3 is 24.8 Å². The maximum atomic E-state index is 13.2. The van der Waals surface area contributed by atoms with Crippen LogP contribution in [0.5, 0.6) is 11.5 Å². The SMILES string of the molecule is COc1ccc(C(=O)N2CCC3(CC2)OCCc2ccsc23)c(OCCN)c1.Cl. The molecule has 0 atom stereocenters. The molecule has 6 nitrogen and oxygen atoms in total. The highest BCUT2D eigenvalue weighted by molar-refractivity contribution is 7.10. The first-order valence-corrected chi connectivity index (χ1v) is 10.6. The average Bonchev–Trinajstić information content (AvgIpc) is 3.23. The number of fused-ring (bicyclic) bond motifs is 2. The summed E-state index contributed by atoms with van der Waals surface area (Å²) in [5, 5.41) is 2.15. The Morgan fingerprint density at radius 1 is 1.31 bits per heavy atom. The smallest absolute Gasteiger partial charge is 0.257 e. The summed E-state index contributed by atoms with van der Waals surface area (Å²) in [6.07, 6.45) is 2.62. The van der Waals surface area contributed by atoms with E-state index < -0.39 is 0 Å². The minimum Gasteiger partial charge on any atom is -0.497 e. The molecular weight excluding hydrogens is 412 g/mol. The van der Waals surface area contributed by atoms with Gasteiger partial charge in [0.15, 0.2) is 0 Å². The Kier molecular flexibility index (Phi) is 7.05. The number of hydrogen-bond donors (Lipinski definition) is 1. The molecule has 1 aromatic heterocycles. The van der Waals surface area contributed by atoms with Crippen LogP contribution in [0.3, 0.4) is 0 Å². The van der Waals surface area contributed by atoms with Crippen LogP contribution in [0.4, 0.5) is 0 Å². The number of ether oxygens (including phenoxy) is 3. The van der Waals surface area contributed by atoms with Crippen molar-refractivity contribution in [2.24, 2.45) is 5.73 Å². The first-order chi connectivity index (χ1) is 13.7. The van der Waals surface area contributed by atoms with Crippen LogP contribution >= 0.6 is 23.7 Å². The molecule has 2 aliphatic heterocycles. The number of piperidine rings is 1. The molecule has 4 rings (SSSR count). The fourth-order valence-corrected chi connectivity index (χ4v) is 5.23. The van der Waals surface area contributed by atoms with Crippen molar-refractivity contribution in [2.45, 2.75) is 24.9 Å². The molecule has 1 saturated heterocycles. The van der Waals surface area contributed by atoms with E-state index in [9.17, 15) is 4.79 Å². The Balaban J connectivity index is 0.00000240. The maximum absolute atomic E-state index is 13.2. The van der Waals surface area contributed by atoms with Crippen LogP contribution in [0.15, 0.2) is 29.6 Å². The molecule has 2 aromatic rings. The zero-order valence-electron chi connectivity index (χ0n) is 16.5. The van der Waals surface area contributed by atoms with Gasteiger partial charge in [0, 0.05) is 30.6 Å². The van der Waals surface area contributed by atoms with E-state index in [2.05, 4.69) is 11.4 Å². The first kappa shape index (κ1) is 21.9. The van der Waals surface area contributed by atoms with Gasteiger partial charge in [-0.05, 0) is 48.4 Å². The van der Waals surface area contributed by atoms with Gasteiger partial charge in [0.1, 0.15) is 23.7 Å². The van der Waals surface area contributed by atoms with Crippen LogP contribution in [0, 0.1) is 0 Å². The highest BCUT2D eigenvalue weighted by Crippen LogP contribution is 2.44. The van der Waals surface area contributed by atoms with Gasteiger partial charge in [0.25, 0.3) is 5.91 Å². The largest absolute Gasteiger partial charge is 0.497 e. The summed E-state index contributed by atoms with van der Waals surface area (Å²) in [5.74, 6) is 1.15. The van der Waals surface area contributed by atoms with Gasteiger partial charge in [-0.1, -0.05) is 0 Å². The lowest BCUT2D eigenvalue weighted by molar-refractivity contribution is -0.0906. The number of amides is 1. The van der Waals surface area contributed by atoms with Gasteiger partial charge in [0.05, 0.1) is 19.3 Å². The van der Waals surface area contributed by atoms with Gasteiger partial charge >= 0.3 is 0 Å². The molecule has 1 amide bonds. The van der Waals surface area contributed by atoms with Crippen LogP contribution in [0.2, 0.25) is 0 Å². The highest BCUT2D eigenvalue weighted by atomic mass is 35.5. The predicted molar refractivity (Wildman–Crippen MR) is 116 cm³/mol. The number of carbonyl (C=O) groups is 1. The number of rotatable bonds is 5. The Hall–Kier alpha value is -1.80. The van der Waals surface area contributed by atoms with E-state index in [4.69, 9.17) is 19.9 Å². The fraction of sp³-hybridized carbons (Fsp3) is 0.476. The van der Waals surface area contributed by atoms with E-state index in [1.54, 1.807) is 36.6 Å². The summed E-state index contributed by atoms with van der Waals surface area (Å²) < 4.78 is 17.2. The van der Waals surface area contributed by atoms with Crippen molar-refractivity contribution in [3.05, 3.63) is 45.6 Å². The van der Waals surface area contributed by atoms with E-state index >= 15 is 0 Å². The lowest BCUT2D eigenvalue weighted by Gasteiger charge is -2.43. The second kappa shape index (κ2) is 9.34. The number of thiophene rings is 1. The lowest BCUT2D eigenvalue weighted by Crippen LogP contribution is -2.48. The fourth-order valence-electron chi connectivity index (χ4n) is 4.06. The summed E-state index contributed by atoms with van der Waals surface area (Å²) in [6.45, 7) is 2.83. The minimum atomic E-state index is -0.225. The van der Waals surface area contributed by atoms with Gasteiger partial charge in [-0.25, -0.2) is 0 Å². The number of nitrogens with zero attached hydrogens (tertiary/aromatic N) is 1. The number of nitrogens with two attached hydrogens (primary N) is 1. The Morgan fingerprint density at radius 2 is 2.10 bits per heavy atom. The molecule has 0 aliphatic carbocycles. The van der Waals surface area contributed by atoms with Crippen molar-refractivity contribution in [1.29, 1.82) is 0 Å². The molecule has 158 valence electrons. The quantitative estimate of drug-likeness (QED) is 0.775. The number of benzene rings is 1. The molecule has 2 N–H and O–H groups in total. The van der Waals surface area contributed by atoms with Gasteiger partial charge in [-0.15, -0.1) is 23.7 Å². The Bertz CT molecular complexity index is 849. The van der Waals surface area contributed by atoms with Gasteiger partial charge in [-0.3, -0.25) is 4.79 Å². The predicted octanol–water partition coefficient (Wildman–Crippen LogP) is 3.22. The second-order valence-electron chi connectivity index (χ2n) is 7.16. The number of carbonyl (C=O) groups excluding carboxylic acids is 1. The highest BCUT2D eigenvalue weighted by Gasteiger charge is 2.42. The molecule has 1 aromatic carbocycles. The van der Waals surface area contributed by atoms with E-state index in [0.717, 1.165) is 25.9 Å². The van der Waals surface area contributed by atoms with Crippen molar-refractivity contribution >= 4 is 29.7 Å². The molecule has 2 aliphatic rings. The van der Waals surface area contributed by atoms with Gasteiger partial charge in [0.2, 0.25) is 0 Å². The van der Waals surface area contributed by atoms with Crippen molar-refractivity contribution in [2.75, 3.05) is 40.0 Å². The lowest BCUT2D eigenvalue weighted by atomic mass is 9.85. The topological polar surface area (TPSA) is 74.0 Å². The molecule has 0 saturated carbocycles. The first-order valence-electron chi connectivity index (χ1n) is 9.68. The molecule has 0 unspecified atom stereocenters. The van der Waals surface area contributed by atoms with Crippen molar-refractivity contribution < 1.29 is 19.0 Å². The van der Waals surface area contributed by atoms with Crippen LogP contribution < -0.4 is 15.2 Å². The monoisotopic (exact) mass is 438 g/mol. The normalized spacial score (nSPS) is 17.4. The number of methoxy groups -OCH3 is 1. The molecule has 1 fully saturated rings. The molecule has 3 heterocycles. The Morgan fingerprint density at radius 3 is 2.83 bits per heavy atom. The molecule has 0 radical (unpaired) electrons. The summed E-state index contributed by atoms with van der Waals surface area (Å²) in [4.78, 5) is 16.4. The van der Waals surface area contributed by atoms with Crippen molar-refractivity contribution in [3.63, 3.8) is 0 Å². The van der Waals surface area contributed by atoms with E-state index in [0.29, 0.717) is 43.3 Å². The summed E-state index contributed by atoms with van der Waals surface area (Å²) in [6, 6.07) is 7.51. The summed E-state index contributed by atoms with van der Waals surface area (Å²) in [5.41, 5.74) is 7.29. The van der Waals surface area contributed by atoms with E-state index in [1.165, 1.54) is 10.4 Å².